The first-order valence-corrected chi connectivity index (χ1v) is 9.78. The summed E-state index contributed by atoms with van der Waals surface area (Å²) in [5.74, 6) is -1.13. The molecule has 0 spiro atoms. The lowest BCUT2D eigenvalue weighted by molar-refractivity contribution is -0.122. The number of rotatable bonds is 1. The van der Waals surface area contributed by atoms with E-state index < -0.39 is 40.4 Å². The Morgan fingerprint density at radius 1 is 1.36 bits per heavy atom. The van der Waals surface area contributed by atoms with Gasteiger partial charge in [-0.05, 0) is 29.5 Å². The van der Waals surface area contributed by atoms with Gasteiger partial charge >= 0.3 is 6.09 Å². The molecule has 0 radical (unpaired) electrons. The number of likely N-dealkylation sites (N-methyl/N-ethyl adjacent to an activating group) is 1. The Kier molecular flexibility index (Phi) is 2.98. The van der Waals surface area contributed by atoms with E-state index in [1.807, 2.05) is 39.0 Å². The van der Waals surface area contributed by atoms with E-state index in [0.29, 0.717) is 10.6 Å². The van der Waals surface area contributed by atoms with Crippen LogP contribution in [0.2, 0.25) is 0 Å². The number of nitrogens with one attached hydrogen (secondary N) is 1. The molecule has 4 aliphatic rings. The summed E-state index contributed by atoms with van der Waals surface area (Å²) in [6.45, 7) is 9.77. The summed E-state index contributed by atoms with van der Waals surface area (Å²) in [5, 5.41) is 3.46. The van der Waals surface area contributed by atoms with Gasteiger partial charge in [0.15, 0.2) is 0 Å². The van der Waals surface area contributed by atoms with Crippen LogP contribution in [0.15, 0.2) is 42.0 Å². The van der Waals surface area contributed by atoms with Gasteiger partial charge < -0.3 is 15.0 Å². The second kappa shape index (κ2) is 5.01. The molecule has 5 rings (SSSR count). The Morgan fingerprint density at radius 3 is 2.75 bits per heavy atom. The number of benzene rings is 1. The molecule has 2 amide bonds. The number of alkyl carbamates (subject to hydrolysis) is 1. The summed E-state index contributed by atoms with van der Waals surface area (Å²) in [6.07, 6.45) is 1.11. The Bertz CT molecular complexity index is 1050. The number of amides is 2. The zero-order valence-corrected chi connectivity index (χ0v) is 17.1. The zero-order chi connectivity index (χ0) is 21.1. The molecule has 2 aliphatic carbocycles. The number of carbonyl (C=O) groups excluding carboxylic acids is 2. The number of ether oxygens (including phenoxy) is 1. The van der Waals surface area contributed by atoms with Crippen molar-refractivity contribution in [2.45, 2.75) is 38.3 Å². The third kappa shape index (κ3) is 1.63. The number of hydrogen-bond donors (Lipinski definition) is 1. The highest BCUT2D eigenvalue weighted by molar-refractivity contribution is 6.30. The number of hydrogen-bond acceptors (Lipinski definition) is 3. The van der Waals surface area contributed by atoms with Crippen molar-refractivity contribution in [2.24, 2.45) is 16.7 Å². The molecule has 5 atom stereocenters. The fourth-order valence-electron chi connectivity index (χ4n) is 5.74. The molecule has 1 fully saturated rings. The predicted octanol–water partition coefficient (Wildman–Crippen LogP) is 4.03. The Labute approximate surface area is 170 Å². The maximum Gasteiger partial charge on any atom is 0.408 e. The van der Waals surface area contributed by atoms with Crippen LogP contribution < -0.4 is 10.2 Å². The van der Waals surface area contributed by atoms with E-state index >= 15 is 0 Å². The van der Waals surface area contributed by atoms with Crippen molar-refractivity contribution in [3.05, 3.63) is 53.1 Å². The van der Waals surface area contributed by atoms with Gasteiger partial charge in [-0.1, -0.05) is 49.7 Å². The highest BCUT2D eigenvalue weighted by Crippen LogP contribution is 2.67. The van der Waals surface area contributed by atoms with Crippen LogP contribution in [0, 0.1) is 16.7 Å². The van der Waals surface area contributed by atoms with E-state index in [1.54, 1.807) is 24.1 Å². The second-order valence-electron chi connectivity index (χ2n) is 8.92. The van der Waals surface area contributed by atoms with E-state index in [9.17, 15) is 11.0 Å². The van der Waals surface area contributed by atoms with Crippen LogP contribution >= 0.6 is 11.6 Å². The quantitative estimate of drug-likeness (QED) is 0.725. The normalized spacial score (nSPS) is 42.5. The second-order valence-corrected chi connectivity index (χ2v) is 9.32. The molecule has 1 aromatic rings. The molecule has 6 heteroatoms. The average molecular weight is 400 g/mol. The Morgan fingerprint density at radius 2 is 2.07 bits per heavy atom. The Hall–Kier alpha value is -2.27. The molecule has 2 bridgehead atoms. The van der Waals surface area contributed by atoms with Gasteiger partial charge in [-0.3, -0.25) is 4.79 Å². The van der Waals surface area contributed by atoms with Gasteiger partial charge in [0.05, 0.1) is 12.7 Å². The van der Waals surface area contributed by atoms with Gasteiger partial charge in [-0.2, -0.15) is 0 Å². The molecule has 28 heavy (non-hydrogen) atoms. The Balaban J connectivity index is 2.03. The van der Waals surface area contributed by atoms with Gasteiger partial charge in [0.1, 0.15) is 11.6 Å². The molecule has 2 aliphatic heterocycles. The van der Waals surface area contributed by atoms with Crippen LogP contribution in [0.25, 0.3) is 0 Å². The highest BCUT2D eigenvalue weighted by atomic mass is 35.5. The van der Waals surface area contributed by atoms with Crippen molar-refractivity contribution in [3.63, 3.8) is 0 Å². The maximum atomic E-state index is 13.4. The van der Waals surface area contributed by atoms with Gasteiger partial charge in [-0.15, -0.1) is 6.58 Å². The largest absolute Gasteiger partial charge is 0.443 e. The molecule has 1 aromatic carbocycles. The summed E-state index contributed by atoms with van der Waals surface area (Å²) in [6, 6.07) is 5.64. The summed E-state index contributed by atoms with van der Waals surface area (Å²) in [5.41, 5.74) is -0.726. The first kappa shape index (κ1) is 16.7. The number of nitrogens with zero attached hydrogens (tertiary/aromatic N) is 1. The number of carbonyl (C=O) groups is 2. The van der Waals surface area contributed by atoms with Crippen molar-refractivity contribution >= 4 is 29.3 Å². The lowest BCUT2D eigenvalue weighted by Crippen LogP contribution is -2.61. The van der Waals surface area contributed by atoms with Crippen LogP contribution in [-0.4, -0.2) is 25.1 Å². The van der Waals surface area contributed by atoms with Gasteiger partial charge in [0, 0.05) is 23.7 Å². The van der Waals surface area contributed by atoms with Crippen LogP contribution in [0.4, 0.5) is 10.5 Å². The van der Waals surface area contributed by atoms with Crippen molar-refractivity contribution in [1.29, 1.82) is 0 Å². The fourth-order valence-corrected chi connectivity index (χ4v) is 6.08. The molecular formula is C22H23ClN2O3. The van der Waals surface area contributed by atoms with E-state index in [1.165, 1.54) is 0 Å². The van der Waals surface area contributed by atoms with Crippen molar-refractivity contribution < 1.29 is 15.7 Å². The van der Waals surface area contributed by atoms with Crippen LogP contribution in [-0.2, 0) is 15.1 Å². The van der Waals surface area contributed by atoms with Crippen molar-refractivity contribution in [2.75, 3.05) is 11.9 Å². The standard InChI is InChI=1S/C22H23ClN2O3/c1-6-21(4)14(23)10-12-17-22(21,24-19(27)28-17)11-8-7-9-13-15(11)16(20(12,2)3)18(26)25(13)5/h6-10,12,16-17H,1H2,2-5H3,(H,24,27)/t12-,16+,17-,21+,22+/m0/s1/i17D. The predicted molar refractivity (Wildman–Crippen MR) is 107 cm³/mol. The summed E-state index contributed by atoms with van der Waals surface area (Å²) >= 11 is 6.84. The molecule has 2 heterocycles. The van der Waals surface area contributed by atoms with Crippen molar-refractivity contribution in [1.82, 2.24) is 5.32 Å². The first-order valence-electron chi connectivity index (χ1n) is 9.91. The van der Waals surface area contributed by atoms with Crippen LogP contribution in [0.5, 0.6) is 0 Å². The molecule has 0 aromatic heterocycles. The number of anilines is 1. The molecule has 0 saturated carbocycles. The molecule has 146 valence electrons. The van der Waals surface area contributed by atoms with Gasteiger partial charge in [0.25, 0.3) is 0 Å². The van der Waals surface area contributed by atoms with Crippen LogP contribution in [0.1, 0.15) is 39.2 Å². The monoisotopic (exact) mass is 399 g/mol. The van der Waals surface area contributed by atoms with E-state index in [4.69, 9.17) is 16.3 Å². The minimum absolute atomic E-state index is 0.0285. The minimum atomic E-state index is -1.70. The lowest BCUT2D eigenvalue weighted by atomic mass is 9.56. The van der Waals surface area contributed by atoms with Crippen LogP contribution in [0.3, 0.4) is 0 Å². The lowest BCUT2D eigenvalue weighted by Gasteiger charge is -2.52. The molecule has 0 unspecified atom stereocenters. The van der Waals surface area contributed by atoms with Gasteiger partial charge in [0.2, 0.25) is 5.91 Å². The third-order valence-electron chi connectivity index (χ3n) is 7.40. The first-order chi connectivity index (χ1) is 13.5. The minimum Gasteiger partial charge on any atom is -0.443 e. The van der Waals surface area contributed by atoms with Crippen molar-refractivity contribution in [3.8, 4) is 0 Å². The zero-order valence-electron chi connectivity index (χ0n) is 17.3. The smallest absolute Gasteiger partial charge is 0.408 e. The maximum absolute atomic E-state index is 13.4. The third-order valence-corrected chi connectivity index (χ3v) is 7.92. The highest BCUT2D eigenvalue weighted by Gasteiger charge is 2.71. The topological polar surface area (TPSA) is 58.6 Å². The fraction of sp³-hybridized carbons (Fsp3) is 0.455. The van der Waals surface area contributed by atoms with Gasteiger partial charge in [-0.25, -0.2) is 4.79 Å². The summed E-state index contributed by atoms with van der Waals surface area (Å²) in [7, 11) is 1.77. The van der Waals surface area contributed by atoms with E-state index in [-0.39, 0.29) is 5.91 Å². The molecule has 1 N–H and O–H groups in total. The molecule has 5 nitrogen and oxygen atoms in total. The average Bonchev–Trinajstić information content (AvgIpc) is 3.08. The molecular weight excluding hydrogens is 376 g/mol. The SMILES string of the molecule is [2H][C@@]12OC(=O)N[C@]13c1cccc4c1[C@H](C(=O)N4C)C(C)(C)[C@H]2C=C(Cl)[C@@]3(C)C=C. The summed E-state index contributed by atoms with van der Waals surface area (Å²) < 4.78 is 15.3. The molecule has 1 saturated heterocycles. The summed E-state index contributed by atoms with van der Waals surface area (Å²) in [4.78, 5) is 27.7. The van der Waals surface area contributed by atoms with E-state index in [2.05, 4.69) is 11.9 Å². The van der Waals surface area contributed by atoms with E-state index in [0.717, 1.165) is 11.3 Å². The number of halogens is 1.